The lowest BCUT2D eigenvalue weighted by molar-refractivity contribution is -0.135. The Kier molecular flexibility index (Phi) is 4.52. The molecule has 122 valence electrons. The third-order valence-corrected chi connectivity index (χ3v) is 4.90. The van der Waals surface area contributed by atoms with E-state index in [1.807, 2.05) is 0 Å². The quantitative estimate of drug-likeness (QED) is 0.777. The monoisotopic (exact) mass is 330 g/mol. The first kappa shape index (κ1) is 16.4. The van der Waals surface area contributed by atoms with Gasteiger partial charge in [-0.3, -0.25) is 9.48 Å². The van der Waals surface area contributed by atoms with Crippen molar-refractivity contribution in [1.29, 1.82) is 0 Å². The van der Waals surface area contributed by atoms with Crippen molar-refractivity contribution in [3.63, 3.8) is 0 Å². The number of piperazine rings is 1. The zero-order valence-corrected chi connectivity index (χ0v) is 13.2. The van der Waals surface area contributed by atoms with Crippen LogP contribution in [0.2, 0.25) is 0 Å². The van der Waals surface area contributed by atoms with Crippen LogP contribution >= 0.6 is 0 Å². The minimum absolute atomic E-state index is 0.124. The molecule has 1 unspecified atom stereocenters. The second-order valence-corrected chi connectivity index (χ2v) is 7.13. The molecule has 1 aromatic heterocycles. The number of carboxylic acids is 1. The van der Waals surface area contributed by atoms with Crippen molar-refractivity contribution in [1.82, 2.24) is 19.0 Å². The third kappa shape index (κ3) is 3.45. The van der Waals surface area contributed by atoms with Gasteiger partial charge in [-0.15, -0.1) is 0 Å². The van der Waals surface area contributed by atoms with Crippen molar-refractivity contribution in [2.45, 2.75) is 13.0 Å². The number of carboxylic acid groups (broad SMARTS) is 1. The predicted octanol–water partition coefficient (Wildman–Crippen LogP) is -0.754. The van der Waals surface area contributed by atoms with E-state index >= 15 is 0 Å². The molecule has 9 nitrogen and oxygen atoms in total. The summed E-state index contributed by atoms with van der Waals surface area (Å²) in [6.07, 6.45) is 2.59. The molecule has 1 amide bonds. The molecule has 22 heavy (non-hydrogen) atoms. The Bertz CT molecular complexity index is 675. The van der Waals surface area contributed by atoms with Gasteiger partial charge in [0.2, 0.25) is 15.9 Å². The molecule has 1 saturated heterocycles. The fraction of sp³-hybridized carbons (Fsp3) is 0.583. The number of rotatable bonds is 4. The average Bonchev–Trinajstić information content (AvgIpc) is 2.95. The maximum atomic E-state index is 12.4. The van der Waals surface area contributed by atoms with Crippen LogP contribution in [0.4, 0.5) is 0 Å². The Morgan fingerprint density at radius 2 is 1.86 bits per heavy atom. The van der Waals surface area contributed by atoms with Gasteiger partial charge >= 0.3 is 5.97 Å². The van der Waals surface area contributed by atoms with E-state index in [-0.39, 0.29) is 24.7 Å². The van der Waals surface area contributed by atoms with Crippen LogP contribution in [0, 0.1) is 0 Å². The van der Waals surface area contributed by atoms with Crippen LogP contribution in [0.25, 0.3) is 0 Å². The van der Waals surface area contributed by atoms with Gasteiger partial charge in [-0.25, -0.2) is 13.2 Å². The van der Waals surface area contributed by atoms with E-state index in [9.17, 15) is 18.0 Å². The van der Waals surface area contributed by atoms with Crippen LogP contribution in [0.1, 0.15) is 23.5 Å². The van der Waals surface area contributed by atoms with Gasteiger partial charge in [-0.1, -0.05) is 0 Å². The van der Waals surface area contributed by atoms with E-state index in [0.717, 1.165) is 6.26 Å². The normalized spacial score (nSPS) is 18.2. The molecule has 1 fully saturated rings. The van der Waals surface area contributed by atoms with Gasteiger partial charge in [-0.2, -0.15) is 9.40 Å². The predicted molar refractivity (Wildman–Crippen MR) is 76.9 cm³/mol. The number of hydrogen-bond donors (Lipinski definition) is 1. The molecule has 0 bridgehead atoms. The van der Waals surface area contributed by atoms with E-state index in [1.54, 1.807) is 11.8 Å². The van der Waals surface area contributed by atoms with E-state index in [0.29, 0.717) is 13.1 Å². The molecule has 1 aromatic rings. The topological polar surface area (TPSA) is 113 Å². The molecule has 0 spiro atoms. The number of amides is 1. The number of hydrogen-bond acceptors (Lipinski definition) is 5. The lowest BCUT2D eigenvalue weighted by Gasteiger charge is -2.34. The minimum Gasteiger partial charge on any atom is -0.476 e. The summed E-state index contributed by atoms with van der Waals surface area (Å²) in [7, 11) is -3.24. The maximum Gasteiger partial charge on any atom is 0.356 e. The van der Waals surface area contributed by atoms with Crippen LogP contribution in [0.5, 0.6) is 0 Å². The number of aromatic nitrogens is 2. The van der Waals surface area contributed by atoms with Gasteiger partial charge in [0.05, 0.1) is 6.26 Å². The summed E-state index contributed by atoms with van der Waals surface area (Å²) in [6.45, 7) is 2.77. The highest BCUT2D eigenvalue weighted by Crippen LogP contribution is 2.13. The van der Waals surface area contributed by atoms with Crippen LogP contribution < -0.4 is 0 Å². The molecular weight excluding hydrogens is 312 g/mol. The molecule has 2 heterocycles. The first-order valence-electron chi connectivity index (χ1n) is 6.72. The van der Waals surface area contributed by atoms with Gasteiger partial charge in [-0.05, 0) is 13.0 Å². The van der Waals surface area contributed by atoms with E-state index in [4.69, 9.17) is 5.11 Å². The average molecular weight is 330 g/mol. The molecule has 2 rings (SSSR count). The molecule has 1 N–H and O–H groups in total. The Balaban J connectivity index is 2.01. The van der Waals surface area contributed by atoms with E-state index < -0.39 is 22.0 Å². The Labute approximate surface area is 128 Å². The first-order valence-corrected chi connectivity index (χ1v) is 8.57. The van der Waals surface area contributed by atoms with Crippen LogP contribution in [0.15, 0.2) is 12.3 Å². The molecule has 0 aromatic carbocycles. The second kappa shape index (κ2) is 6.05. The summed E-state index contributed by atoms with van der Waals surface area (Å²) < 4.78 is 25.5. The van der Waals surface area contributed by atoms with Gasteiger partial charge in [0, 0.05) is 32.4 Å². The highest BCUT2D eigenvalue weighted by Gasteiger charge is 2.29. The molecular formula is C12H18N4O5S. The Hall–Kier alpha value is -1.94. The van der Waals surface area contributed by atoms with E-state index in [1.165, 1.54) is 21.3 Å². The molecule has 0 aliphatic carbocycles. The van der Waals surface area contributed by atoms with Gasteiger partial charge < -0.3 is 10.0 Å². The number of nitrogens with zero attached hydrogens (tertiary/aromatic N) is 4. The van der Waals surface area contributed by atoms with Crippen molar-refractivity contribution < 1.29 is 23.1 Å². The lowest BCUT2D eigenvalue weighted by atomic mass is 10.2. The summed E-state index contributed by atoms with van der Waals surface area (Å²) in [6, 6.07) is 0.686. The van der Waals surface area contributed by atoms with Crippen LogP contribution in [-0.2, 0) is 14.8 Å². The maximum absolute atomic E-state index is 12.4. The minimum atomic E-state index is -3.24. The summed E-state index contributed by atoms with van der Waals surface area (Å²) in [5.74, 6) is -1.37. The van der Waals surface area contributed by atoms with Crippen LogP contribution in [0.3, 0.4) is 0 Å². The fourth-order valence-electron chi connectivity index (χ4n) is 2.29. The number of carbonyl (C=O) groups is 2. The second-order valence-electron chi connectivity index (χ2n) is 5.15. The highest BCUT2D eigenvalue weighted by atomic mass is 32.2. The van der Waals surface area contributed by atoms with Gasteiger partial charge in [0.25, 0.3) is 0 Å². The molecule has 0 saturated carbocycles. The molecule has 1 aliphatic heterocycles. The fourth-order valence-corrected chi connectivity index (χ4v) is 3.11. The number of sulfonamides is 1. The summed E-state index contributed by atoms with van der Waals surface area (Å²) in [4.78, 5) is 24.8. The Morgan fingerprint density at radius 3 is 2.32 bits per heavy atom. The largest absolute Gasteiger partial charge is 0.476 e. The Morgan fingerprint density at radius 1 is 1.27 bits per heavy atom. The van der Waals surface area contributed by atoms with Crippen LogP contribution in [-0.4, -0.2) is 76.8 Å². The standard InChI is InChI=1S/C12H18N4O5S/c1-9(16-4-3-10(13-16)12(18)19)11(17)14-5-7-15(8-6-14)22(2,20)21/h3-4,9H,5-8H2,1-2H3,(H,18,19). The zero-order chi connectivity index (χ0) is 16.5. The van der Waals surface area contributed by atoms with Crippen molar-refractivity contribution in [2.24, 2.45) is 0 Å². The summed E-state index contributed by atoms with van der Waals surface area (Å²) >= 11 is 0. The summed E-state index contributed by atoms with van der Waals surface area (Å²) in [5, 5.41) is 12.7. The van der Waals surface area contributed by atoms with Crippen molar-refractivity contribution in [3.8, 4) is 0 Å². The molecule has 10 heteroatoms. The van der Waals surface area contributed by atoms with Gasteiger partial charge in [0.1, 0.15) is 6.04 Å². The zero-order valence-electron chi connectivity index (χ0n) is 12.3. The smallest absolute Gasteiger partial charge is 0.356 e. The van der Waals surface area contributed by atoms with Crippen molar-refractivity contribution in [2.75, 3.05) is 32.4 Å². The number of aromatic carboxylic acids is 1. The molecule has 1 atom stereocenters. The molecule has 0 radical (unpaired) electrons. The lowest BCUT2D eigenvalue weighted by Crippen LogP contribution is -2.51. The van der Waals surface area contributed by atoms with Crippen molar-refractivity contribution in [3.05, 3.63) is 18.0 Å². The highest BCUT2D eigenvalue weighted by molar-refractivity contribution is 7.88. The summed E-state index contributed by atoms with van der Waals surface area (Å²) in [5.41, 5.74) is -0.124. The number of carbonyl (C=O) groups excluding carboxylic acids is 1. The molecule has 1 aliphatic rings. The first-order chi connectivity index (χ1) is 10.2. The van der Waals surface area contributed by atoms with E-state index in [2.05, 4.69) is 5.10 Å². The van der Waals surface area contributed by atoms with Crippen molar-refractivity contribution >= 4 is 21.9 Å². The van der Waals surface area contributed by atoms with Gasteiger partial charge in [0.15, 0.2) is 5.69 Å². The SMILES string of the molecule is CC(C(=O)N1CCN(S(C)(=O)=O)CC1)n1ccc(C(=O)O)n1. The third-order valence-electron chi connectivity index (χ3n) is 3.60.